The van der Waals surface area contributed by atoms with E-state index in [1.807, 2.05) is 20.8 Å². The van der Waals surface area contributed by atoms with Gasteiger partial charge < -0.3 is 40.5 Å². The first-order chi connectivity index (χ1) is 22.9. The predicted molar refractivity (Wildman–Crippen MR) is 180 cm³/mol. The summed E-state index contributed by atoms with van der Waals surface area (Å²) in [7, 11) is 0. The van der Waals surface area contributed by atoms with E-state index in [-0.39, 0.29) is 53.3 Å². The summed E-state index contributed by atoms with van der Waals surface area (Å²) in [6.07, 6.45) is 4.77. The van der Waals surface area contributed by atoms with Gasteiger partial charge >= 0.3 is 0 Å². The molecule has 7 aliphatic rings. The smallest absolute Gasteiger partial charge is 0.160 e. The molecule has 8 rings (SSSR count). The highest BCUT2D eigenvalue weighted by Gasteiger charge is 2.81. The van der Waals surface area contributed by atoms with Crippen LogP contribution in [0.2, 0.25) is 0 Å². The second kappa shape index (κ2) is 10.5. The maximum Gasteiger partial charge on any atom is 0.160 e. The maximum absolute atomic E-state index is 14.7. The van der Waals surface area contributed by atoms with E-state index in [9.17, 15) is 40.5 Å². The Bertz CT molecular complexity index is 1560. The molecule has 15 atom stereocenters. The third kappa shape index (κ3) is 4.12. The van der Waals surface area contributed by atoms with Crippen LogP contribution in [0.5, 0.6) is 11.5 Å². The minimum Gasteiger partial charge on any atom is -0.508 e. The summed E-state index contributed by atoms with van der Waals surface area (Å²) in [6.45, 7) is 10.1. The van der Waals surface area contributed by atoms with Crippen molar-refractivity contribution in [3.63, 3.8) is 0 Å². The number of hydrogen-bond acceptors (Lipinski definition) is 9. The number of phenols is 2. The molecule has 270 valence electrons. The van der Waals surface area contributed by atoms with Gasteiger partial charge in [0.05, 0.1) is 35.6 Å². The number of phenolic OH excluding ortho intramolecular Hbond substituents is 2. The van der Waals surface area contributed by atoms with Crippen molar-refractivity contribution in [3.8, 4) is 11.5 Å². The van der Waals surface area contributed by atoms with Crippen LogP contribution < -0.4 is 0 Å². The Balaban J connectivity index is 1.28. The van der Waals surface area contributed by atoms with Crippen molar-refractivity contribution in [2.45, 2.75) is 146 Å². The number of aliphatic hydroxyl groups is 5. The molecule has 5 saturated carbocycles. The van der Waals surface area contributed by atoms with Crippen LogP contribution in [0.3, 0.4) is 0 Å². The molecular formula is C40H56O9. The molecule has 7 N–H and O–H groups in total. The fourth-order valence-corrected chi connectivity index (χ4v) is 14.3. The molecule has 1 saturated heterocycles. The molecule has 9 heteroatoms. The van der Waals surface area contributed by atoms with Crippen LogP contribution in [0, 0.1) is 45.8 Å². The number of hydrogen-bond donors (Lipinski definition) is 7. The van der Waals surface area contributed by atoms with Crippen molar-refractivity contribution in [3.05, 3.63) is 35.4 Å². The first-order valence-corrected chi connectivity index (χ1v) is 18.8. The highest BCUT2D eigenvalue weighted by Crippen LogP contribution is 2.78. The molecule has 0 radical (unpaired) electrons. The first kappa shape index (κ1) is 34.1. The van der Waals surface area contributed by atoms with E-state index < -0.39 is 69.8 Å². The minimum absolute atomic E-state index is 0.0681. The van der Waals surface area contributed by atoms with Crippen molar-refractivity contribution in [2.24, 2.45) is 45.8 Å². The van der Waals surface area contributed by atoms with Crippen LogP contribution in [-0.2, 0) is 9.53 Å². The Labute approximate surface area is 289 Å². The fraction of sp³-hybridized carbons (Fsp3) is 0.775. The monoisotopic (exact) mass is 680 g/mol. The zero-order valence-electron chi connectivity index (χ0n) is 29.6. The predicted octanol–water partition coefficient (Wildman–Crippen LogP) is 4.48. The molecule has 0 bridgehead atoms. The van der Waals surface area contributed by atoms with Crippen molar-refractivity contribution >= 4 is 5.78 Å². The molecule has 1 aromatic rings. The van der Waals surface area contributed by atoms with Gasteiger partial charge in [-0.2, -0.15) is 0 Å². The lowest BCUT2D eigenvalue weighted by atomic mass is 9.37. The Morgan fingerprint density at radius 1 is 0.878 bits per heavy atom. The van der Waals surface area contributed by atoms with Crippen LogP contribution in [-0.4, -0.2) is 82.7 Å². The highest BCUT2D eigenvalue weighted by atomic mass is 16.6. The van der Waals surface area contributed by atoms with Gasteiger partial charge in [0.1, 0.15) is 17.1 Å². The number of ketones is 1. The van der Waals surface area contributed by atoms with E-state index in [1.165, 1.54) is 18.2 Å². The molecule has 9 nitrogen and oxygen atoms in total. The molecule has 2 spiro atoms. The standard InChI is InChI=1S/C40H56O9/c1-20-9-8-12-40(34(46)21(20)2)37(5,47)33-28(49-40)18-39(48)25-16-26(43)30-29(22-13-23(41)15-24(42)14-22)31(45)27(44)17-35(30,3)32(25)38(10-6-7-11-38)19-36(33,39)4/h13-16,20-21,27-34,41-42,44-48H,6-12,17-19H2,1-5H3. The molecule has 1 aromatic carbocycles. The zero-order chi connectivity index (χ0) is 35.3. The lowest BCUT2D eigenvalue weighted by Crippen LogP contribution is -2.69. The number of aromatic hydroxyl groups is 2. The van der Waals surface area contributed by atoms with Gasteiger partial charge in [0.15, 0.2) is 5.78 Å². The average Bonchev–Trinajstić information content (AvgIpc) is 3.59. The number of carbonyl (C=O) groups is 1. The molecule has 0 amide bonds. The third-order valence-electron chi connectivity index (χ3n) is 16.2. The normalized spacial score (nSPS) is 53.1. The van der Waals surface area contributed by atoms with E-state index in [2.05, 4.69) is 13.8 Å². The first-order valence-electron chi connectivity index (χ1n) is 18.8. The average molecular weight is 681 g/mol. The van der Waals surface area contributed by atoms with Gasteiger partial charge in [0, 0.05) is 35.7 Å². The van der Waals surface area contributed by atoms with E-state index >= 15 is 0 Å². The van der Waals surface area contributed by atoms with E-state index in [4.69, 9.17) is 4.74 Å². The third-order valence-corrected chi connectivity index (χ3v) is 16.2. The summed E-state index contributed by atoms with van der Waals surface area (Å²) >= 11 is 0. The number of benzene rings is 1. The summed E-state index contributed by atoms with van der Waals surface area (Å²) in [5.74, 6) is -2.84. The van der Waals surface area contributed by atoms with Crippen LogP contribution >= 0.6 is 0 Å². The SMILES string of the molecule is CC1CCCC2(OC3CC4(O)C5=CC(=O)C6C(c7cc(O)cc(O)c7)C(O)C(O)CC6(C)C5C5(CCCC5)CC4(C)C3C2(C)O)C(O)C1C. The lowest BCUT2D eigenvalue weighted by molar-refractivity contribution is -0.232. The Morgan fingerprint density at radius 3 is 2.18 bits per heavy atom. The number of fused-ring (bicyclic) bond motifs is 8. The minimum atomic E-state index is -1.48. The summed E-state index contributed by atoms with van der Waals surface area (Å²) < 4.78 is 6.99. The van der Waals surface area contributed by atoms with Crippen LogP contribution in [0.25, 0.3) is 0 Å². The summed E-state index contributed by atoms with van der Waals surface area (Å²) in [5.41, 5.74) is -5.11. The Morgan fingerprint density at radius 2 is 1.53 bits per heavy atom. The topological polar surface area (TPSA) is 168 Å². The molecule has 0 aromatic heterocycles. The molecular weight excluding hydrogens is 624 g/mol. The summed E-state index contributed by atoms with van der Waals surface area (Å²) in [6, 6.07) is 4.10. The lowest BCUT2D eigenvalue weighted by Gasteiger charge is -2.67. The van der Waals surface area contributed by atoms with Gasteiger partial charge in [0.25, 0.3) is 0 Å². The van der Waals surface area contributed by atoms with E-state index in [1.54, 1.807) is 6.08 Å². The second-order valence-electron chi connectivity index (χ2n) is 18.6. The van der Waals surface area contributed by atoms with Gasteiger partial charge in [-0.3, -0.25) is 4.79 Å². The quantitative estimate of drug-likeness (QED) is 0.226. The van der Waals surface area contributed by atoms with Crippen molar-refractivity contribution in [1.82, 2.24) is 0 Å². The molecule has 1 heterocycles. The van der Waals surface area contributed by atoms with Crippen molar-refractivity contribution in [1.29, 1.82) is 0 Å². The van der Waals surface area contributed by atoms with Gasteiger partial charge in [-0.15, -0.1) is 0 Å². The van der Waals surface area contributed by atoms with Gasteiger partial charge in [0.2, 0.25) is 0 Å². The maximum atomic E-state index is 14.7. The van der Waals surface area contributed by atoms with Crippen LogP contribution in [0.1, 0.15) is 110 Å². The molecule has 6 fully saturated rings. The summed E-state index contributed by atoms with van der Waals surface area (Å²) in [5, 5.41) is 82.0. The Hall–Kier alpha value is -2.01. The van der Waals surface area contributed by atoms with Crippen LogP contribution in [0.4, 0.5) is 0 Å². The fourth-order valence-electron chi connectivity index (χ4n) is 14.3. The van der Waals surface area contributed by atoms with Gasteiger partial charge in [-0.25, -0.2) is 0 Å². The second-order valence-corrected chi connectivity index (χ2v) is 18.6. The van der Waals surface area contributed by atoms with Crippen LogP contribution in [0.15, 0.2) is 29.8 Å². The molecule has 15 unspecified atom stereocenters. The molecule has 6 aliphatic carbocycles. The van der Waals surface area contributed by atoms with Gasteiger partial charge in [-0.1, -0.05) is 53.4 Å². The van der Waals surface area contributed by atoms with Crippen molar-refractivity contribution in [2.75, 3.05) is 0 Å². The zero-order valence-corrected chi connectivity index (χ0v) is 29.6. The Kier molecular flexibility index (Phi) is 7.33. The van der Waals surface area contributed by atoms with Crippen molar-refractivity contribution < 1.29 is 45.3 Å². The molecule has 49 heavy (non-hydrogen) atoms. The number of allylic oxidation sites excluding steroid dienone is 1. The van der Waals surface area contributed by atoms with Gasteiger partial charge in [-0.05, 0) is 97.0 Å². The van der Waals surface area contributed by atoms with E-state index in [0.717, 1.165) is 38.5 Å². The largest absolute Gasteiger partial charge is 0.508 e. The number of aliphatic hydroxyl groups excluding tert-OH is 3. The number of rotatable bonds is 1. The number of carbonyl (C=O) groups excluding carboxylic acids is 1. The highest BCUT2D eigenvalue weighted by molar-refractivity contribution is 5.96. The number of ether oxygens (including phenoxy) is 1. The molecule has 1 aliphatic heterocycles. The summed E-state index contributed by atoms with van der Waals surface area (Å²) in [4.78, 5) is 14.7. The van der Waals surface area contributed by atoms with E-state index in [0.29, 0.717) is 24.0 Å².